The number of ether oxygens (including phenoxy) is 2. The Balaban J connectivity index is 1.85. The Morgan fingerprint density at radius 3 is 2.57 bits per heavy atom. The third-order valence-corrected chi connectivity index (χ3v) is 5.08. The highest BCUT2D eigenvalue weighted by atomic mass is 32.2. The fourth-order valence-corrected chi connectivity index (χ4v) is 3.56. The number of hydrogen-bond donors (Lipinski definition) is 0. The summed E-state index contributed by atoms with van der Waals surface area (Å²) < 4.78 is 10.3. The molecule has 1 amide bonds. The molecule has 0 aromatic heterocycles. The van der Waals surface area contributed by atoms with Crippen LogP contribution < -0.4 is 4.74 Å². The molecule has 7 heteroatoms. The summed E-state index contributed by atoms with van der Waals surface area (Å²) in [5.41, 5.74) is 1.94. The zero-order valence-electron chi connectivity index (χ0n) is 15.8. The molecule has 0 spiro atoms. The van der Waals surface area contributed by atoms with Crippen molar-refractivity contribution in [2.24, 2.45) is 4.99 Å². The van der Waals surface area contributed by atoms with Gasteiger partial charge in [-0.2, -0.15) is 0 Å². The molecular weight excluding hydrogens is 376 g/mol. The van der Waals surface area contributed by atoms with E-state index in [1.165, 1.54) is 23.8 Å². The third-order valence-electron chi connectivity index (χ3n) is 4.02. The number of hydrogen-bond acceptors (Lipinski definition) is 6. The van der Waals surface area contributed by atoms with E-state index in [0.29, 0.717) is 27.9 Å². The van der Waals surface area contributed by atoms with Crippen LogP contribution in [-0.2, 0) is 9.53 Å². The Morgan fingerprint density at radius 1 is 1.18 bits per heavy atom. The van der Waals surface area contributed by atoms with Crippen molar-refractivity contribution in [2.75, 3.05) is 20.8 Å². The Labute approximate surface area is 167 Å². The molecule has 28 heavy (non-hydrogen) atoms. The van der Waals surface area contributed by atoms with Crippen LogP contribution in [0.1, 0.15) is 22.8 Å². The van der Waals surface area contributed by atoms with Crippen molar-refractivity contribution in [1.29, 1.82) is 0 Å². The molecule has 1 aliphatic heterocycles. The smallest absolute Gasteiger partial charge is 0.337 e. The van der Waals surface area contributed by atoms with Gasteiger partial charge in [-0.25, -0.2) is 9.79 Å². The molecule has 6 nitrogen and oxygen atoms in total. The molecule has 2 aromatic carbocycles. The maximum Gasteiger partial charge on any atom is 0.337 e. The molecule has 0 atom stereocenters. The second kappa shape index (κ2) is 8.75. The number of esters is 1. The highest BCUT2D eigenvalue weighted by Gasteiger charge is 2.30. The number of carbonyl (C=O) groups excluding carboxylic acids is 2. The van der Waals surface area contributed by atoms with Gasteiger partial charge in [0.1, 0.15) is 5.75 Å². The van der Waals surface area contributed by atoms with Crippen LogP contribution in [0, 0.1) is 0 Å². The molecular formula is C21H20N2O4S. The van der Waals surface area contributed by atoms with Crippen molar-refractivity contribution in [3.63, 3.8) is 0 Å². The first-order valence-corrected chi connectivity index (χ1v) is 9.51. The van der Waals surface area contributed by atoms with Gasteiger partial charge in [0.15, 0.2) is 5.17 Å². The SMILES string of the molecule is CCOc1ccccc1/C=C1/SC(=Nc2ccc(C(=O)OC)cc2)N(C)C1=O. The van der Waals surface area contributed by atoms with Gasteiger partial charge in [-0.1, -0.05) is 18.2 Å². The molecule has 0 aliphatic carbocycles. The molecule has 0 bridgehead atoms. The van der Waals surface area contributed by atoms with Crippen molar-refractivity contribution in [2.45, 2.75) is 6.92 Å². The van der Waals surface area contributed by atoms with Crippen molar-refractivity contribution < 1.29 is 19.1 Å². The van der Waals surface area contributed by atoms with Gasteiger partial charge in [-0.05, 0) is 55.1 Å². The number of nitrogens with zero attached hydrogens (tertiary/aromatic N) is 2. The molecule has 144 valence electrons. The molecule has 0 radical (unpaired) electrons. The van der Waals surface area contributed by atoms with Crippen LogP contribution in [-0.4, -0.2) is 42.7 Å². The van der Waals surface area contributed by atoms with Gasteiger partial charge in [0.2, 0.25) is 0 Å². The number of methoxy groups -OCH3 is 1. The van der Waals surface area contributed by atoms with Crippen LogP contribution in [0.4, 0.5) is 5.69 Å². The lowest BCUT2D eigenvalue weighted by Gasteiger charge is -2.07. The average Bonchev–Trinajstić information content (AvgIpc) is 2.97. The van der Waals surface area contributed by atoms with Crippen LogP contribution in [0.5, 0.6) is 5.75 Å². The van der Waals surface area contributed by atoms with Crippen LogP contribution in [0.25, 0.3) is 6.08 Å². The molecule has 1 heterocycles. The van der Waals surface area contributed by atoms with Gasteiger partial charge in [0.25, 0.3) is 5.91 Å². The van der Waals surface area contributed by atoms with Gasteiger partial charge in [-0.3, -0.25) is 9.69 Å². The van der Waals surface area contributed by atoms with E-state index < -0.39 is 5.97 Å². The van der Waals surface area contributed by atoms with Gasteiger partial charge in [0, 0.05) is 12.6 Å². The lowest BCUT2D eigenvalue weighted by atomic mass is 10.2. The standard InChI is InChI=1S/C21H20N2O4S/c1-4-27-17-8-6-5-7-15(17)13-18-19(24)23(2)21(28-18)22-16-11-9-14(10-12-16)20(25)26-3/h5-13H,4H2,1-3H3/b18-13+,22-21?. The number of para-hydroxylation sites is 1. The molecule has 0 N–H and O–H groups in total. The fourth-order valence-electron chi connectivity index (χ4n) is 2.58. The minimum atomic E-state index is -0.403. The zero-order valence-corrected chi connectivity index (χ0v) is 16.7. The Kier molecular flexibility index (Phi) is 6.16. The van der Waals surface area contributed by atoms with Crippen molar-refractivity contribution in [3.8, 4) is 5.75 Å². The highest BCUT2D eigenvalue weighted by Crippen LogP contribution is 2.34. The number of thioether (sulfide) groups is 1. The molecule has 3 rings (SSSR count). The van der Waals surface area contributed by atoms with E-state index in [9.17, 15) is 9.59 Å². The predicted octanol–water partition coefficient (Wildman–Crippen LogP) is 4.11. The van der Waals surface area contributed by atoms with Gasteiger partial charge in [0.05, 0.1) is 29.9 Å². The molecule has 1 fully saturated rings. The van der Waals surface area contributed by atoms with E-state index in [-0.39, 0.29) is 5.91 Å². The molecule has 1 saturated heterocycles. The summed E-state index contributed by atoms with van der Waals surface area (Å²) in [4.78, 5) is 30.7. The minimum absolute atomic E-state index is 0.124. The van der Waals surface area contributed by atoms with E-state index in [0.717, 1.165) is 11.3 Å². The van der Waals surface area contributed by atoms with E-state index in [4.69, 9.17) is 4.74 Å². The molecule has 1 aliphatic rings. The summed E-state index contributed by atoms with van der Waals surface area (Å²) >= 11 is 1.30. The average molecular weight is 396 g/mol. The number of rotatable bonds is 5. The number of benzene rings is 2. The molecule has 0 unspecified atom stereocenters. The quantitative estimate of drug-likeness (QED) is 0.562. The fraction of sp³-hybridized carbons (Fsp3) is 0.190. The Hall–Kier alpha value is -3.06. The second-order valence-electron chi connectivity index (χ2n) is 5.88. The minimum Gasteiger partial charge on any atom is -0.493 e. The topological polar surface area (TPSA) is 68.2 Å². The lowest BCUT2D eigenvalue weighted by Crippen LogP contribution is -2.23. The third kappa shape index (κ3) is 4.26. The maximum atomic E-state index is 12.6. The van der Waals surface area contributed by atoms with E-state index >= 15 is 0 Å². The largest absolute Gasteiger partial charge is 0.493 e. The first kappa shape index (κ1) is 19.7. The lowest BCUT2D eigenvalue weighted by molar-refractivity contribution is -0.121. The van der Waals surface area contributed by atoms with Crippen molar-refractivity contribution in [3.05, 3.63) is 64.6 Å². The van der Waals surface area contributed by atoms with Crippen LogP contribution in [0.2, 0.25) is 0 Å². The first-order valence-electron chi connectivity index (χ1n) is 8.70. The second-order valence-corrected chi connectivity index (χ2v) is 6.89. The number of amidine groups is 1. The summed E-state index contributed by atoms with van der Waals surface area (Å²) in [6.45, 7) is 2.47. The summed E-state index contributed by atoms with van der Waals surface area (Å²) in [5, 5.41) is 0.566. The van der Waals surface area contributed by atoms with Crippen LogP contribution in [0.3, 0.4) is 0 Å². The van der Waals surface area contributed by atoms with Crippen LogP contribution in [0.15, 0.2) is 58.4 Å². The number of likely N-dealkylation sites (N-methyl/N-ethyl adjacent to an activating group) is 1. The number of aliphatic imine (C=N–C) groups is 1. The molecule has 2 aromatic rings. The Morgan fingerprint density at radius 2 is 1.89 bits per heavy atom. The van der Waals surface area contributed by atoms with E-state index in [2.05, 4.69) is 9.73 Å². The maximum absolute atomic E-state index is 12.6. The Bertz CT molecular complexity index is 951. The zero-order chi connectivity index (χ0) is 20.1. The summed E-state index contributed by atoms with van der Waals surface area (Å²) in [6.07, 6.45) is 1.82. The van der Waals surface area contributed by atoms with Crippen LogP contribution >= 0.6 is 11.8 Å². The van der Waals surface area contributed by atoms with E-state index in [1.54, 1.807) is 31.3 Å². The highest BCUT2D eigenvalue weighted by molar-refractivity contribution is 8.18. The number of carbonyl (C=O) groups is 2. The van der Waals surface area contributed by atoms with Crippen molar-refractivity contribution in [1.82, 2.24) is 4.90 Å². The summed E-state index contributed by atoms with van der Waals surface area (Å²) in [6, 6.07) is 14.3. The normalized spacial score (nSPS) is 16.7. The summed E-state index contributed by atoms with van der Waals surface area (Å²) in [5.74, 6) is 0.207. The predicted molar refractivity (Wildman–Crippen MR) is 111 cm³/mol. The summed E-state index contributed by atoms with van der Waals surface area (Å²) in [7, 11) is 3.02. The van der Waals surface area contributed by atoms with Crippen molar-refractivity contribution >= 4 is 40.6 Å². The van der Waals surface area contributed by atoms with Gasteiger partial charge >= 0.3 is 5.97 Å². The first-order chi connectivity index (χ1) is 13.5. The molecule has 0 saturated carbocycles. The number of amides is 1. The monoisotopic (exact) mass is 396 g/mol. The van der Waals surface area contributed by atoms with E-state index in [1.807, 2.05) is 37.3 Å². The van der Waals surface area contributed by atoms with Gasteiger partial charge in [-0.15, -0.1) is 0 Å². The van der Waals surface area contributed by atoms with Gasteiger partial charge < -0.3 is 9.47 Å².